The molecule has 94 valence electrons. The molecule has 1 aromatic carbocycles. The Balaban J connectivity index is 2.05. The van der Waals surface area contributed by atoms with Crippen molar-refractivity contribution in [3.8, 4) is 0 Å². The Hall–Kier alpha value is -1.55. The molecular weight excluding hydrogens is 218 g/mol. The molecule has 1 N–H and O–H groups in total. The summed E-state index contributed by atoms with van der Waals surface area (Å²) in [6, 6.07) is 9.54. The zero-order valence-corrected chi connectivity index (χ0v) is 10.1. The Labute approximate surface area is 102 Å². The first-order valence-corrected chi connectivity index (χ1v) is 5.85. The number of esters is 1. The van der Waals surface area contributed by atoms with Gasteiger partial charge in [0.1, 0.15) is 13.2 Å². The van der Waals surface area contributed by atoms with Gasteiger partial charge in [-0.3, -0.25) is 4.79 Å². The molecule has 0 aliphatic heterocycles. The SMILES string of the molecule is CCCOCCOC(=O)CNc1ccccc1. The third-order valence-electron chi connectivity index (χ3n) is 2.05. The molecule has 0 aromatic heterocycles. The van der Waals surface area contributed by atoms with Crippen molar-refractivity contribution in [3.05, 3.63) is 30.3 Å². The molecule has 0 amide bonds. The summed E-state index contributed by atoms with van der Waals surface area (Å²) in [6.45, 7) is 3.70. The summed E-state index contributed by atoms with van der Waals surface area (Å²) in [5.74, 6) is -0.269. The Morgan fingerprint density at radius 3 is 2.65 bits per heavy atom. The Morgan fingerprint density at radius 1 is 1.18 bits per heavy atom. The highest BCUT2D eigenvalue weighted by molar-refractivity contribution is 5.74. The monoisotopic (exact) mass is 237 g/mol. The van der Waals surface area contributed by atoms with Crippen molar-refractivity contribution in [1.29, 1.82) is 0 Å². The van der Waals surface area contributed by atoms with Crippen LogP contribution in [0.4, 0.5) is 5.69 Å². The number of nitrogens with one attached hydrogen (secondary N) is 1. The first kappa shape index (κ1) is 13.5. The van der Waals surface area contributed by atoms with Gasteiger partial charge in [-0.25, -0.2) is 0 Å². The molecule has 0 aliphatic carbocycles. The summed E-state index contributed by atoms with van der Waals surface area (Å²) in [6.07, 6.45) is 0.976. The molecule has 0 heterocycles. The van der Waals surface area contributed by atoms with Crippen LogP contribution in [0.3, 0.4) is 0 Å². The van der Waals surface area contributed by atoms with E-state index in [0.29, 0.717) is 19.8 Å². The van der Waals surface area contributed by atoms with Crippen LogP contribution in [0.2, 0.25) is 0 Å². The molecule has 0 saturated carbocycles. The van der Waals surface area contributed by atoms with Crippen molar-refractivity contribution < 1.29 is 14.3 Å². The summed E-state index contributed by atoms with van der Waals surface area (Å²) >= 11 is 0. The minimum Gasteiger partial charge on any atom is -0.462 e. The molecule has 0 atom stereocenters. The van der Waals surface area contributed by atoms with Crippen molar-refractivity contribution in [2.24, 2.45) is 0 Å². The predicted molar refractivity (Wildman–Crippen MR) is 67.0 cm³/mol. The van der Waals surface area contributed by atoms with Crippen molar-refractivity contribution in [3.63, 3.8) is 0 Å². The van der Waals surface area contributed by atoms with Crippen molar-refractivity contribution >= 4 is 11.7 Å². The fourth-order valence-electron chi connectivity index (χ4n) is 1.24. The molecule has 4 heteroatoms. The van der Waals surface area contributed by atoms with Crippen molar-refractivity contribution in [1.82, 2.24) is 0 Å². The quantitative estimate of drug-likeness (QED) is 0.555. The summed E-state index contributed by atoms with van der Waals surface area (Å²) in [4.78, 5) is 11.3. The van der Waals surface area contributed by atoms with Crippen LogP contribution in [-0.4, -0.2) is 32.3 Å². The first-order valence-electron chi connectivity index (χ1n) is 5.85. The molecular formula is C13H19NO3. The number of carbonyl (C=O) groups is 1. The minimum absolute atomic E-state index is 0.178. The molecule has 0 bridgehead atoms. The number of rotatable bonds is 8. The molecule has 17 heavy (non-hydrogen) atoms. The number of carbonyl (C=O) groups excluding carboxylic acids is 1. The van der Waals surface area contributed by atoms with E-state index in [2.05, 4.69) is 5.32 Å². The minimum atomic E-state index is -0.269. The number of hydrogen-bond acceptors (Lipinski definition) is 4. The van der Waals surface area contributed by atoms with Gasteiger partial charge in [-0.2, -0.15) is 0 Å². The molecule has 4 nitrogen and oxygen atoms in total. The summed E-state index contributed by atoms with van der Waals surface area (Å²) in [5.41, 5.74) is 0.909. The van der Waals surface area contributed by atoms with Crippen LogP contribution < -0.4 is 5.32 Å². The largest absolute Gasteiger partial charge is 0.462 e. The molecule has 0 unspecified atom stereocenters. The van der Waals surface area contributed by atoms with E-state index in [-0.39, 0.29) is 12.5 Å². The van der Waals surface area contributed by atoms with Gasteiger partial charge in [0, 0.05) is 12.3 Å². The Morgan fingerprint density at radius 2 is 1.94 bits per heavy atom. The maximum Gasteiger partial charge on any atom is 0.325 e. The predicted octanol–water partition coefficient (Wildman–Crippen LogP) is 2.07. The number of ether oxygens (including phenoxy) is 2. The smallest absolute Gasteiger partial charge is 0.325 e. The molecule has 1 rings (SSSR count). The van der Waals surface area contributed by atoms with E-state index in [1.807, 2.05) is 37.3 Å². The standard InChI is InChI=1S/C13H19NO3/c1-2-8-16-9-10-17-13(15)11-14-12-6-4-3-5-7-12/h3-7,14H,2,8-11H2,1H3. The average molecular weight is 237 g/mol. The van der Waals surface area contributed by atoms with Crippen LogP contribution in [0.1, 0.15) is 13.3 Å². The number of benzene rings is 1. The van der Waals surface area contributed by atoms with Gasteiger partial charge in [0.05, 0.1) is 6.61 Å². The number of hydrogen-bond donors (Lipinski definition) is 1. The molecule has 0 aliphatic rings. The van der Waals surface area contributed by atoms with Gasteiger partial charge < -0.3 is 14.8 Å². The van der Waals surface area contributed by atoms with Gasteiger partial charge in [-0.1, -0.05) is 25.1 Å². The fourth-order valence-corrected chi connectivity index (χ4v) is 1.24. The van der Waals surface area contributed by atoms with Crippen LogP contribution in [0.5, 0.6) is 0 Å². The normalized spacial score (nSPS) is 9.94. The van der Waals surface area contributed by atoms with E-state index in [9.17, 15) is 4.79 Å². The van der Waals surface area contributed by atoms with Crippen molar-refractivity contribution in [2.75, 3.05) is 31.7 Å². The Kier molecular flexibility index (Phi) is 6.82. The van der Waals surface area contributed by atoms with Gasteiger partial charge >= 0.3 is 5.97 Å². The summed E-state index contributed by atoms with van der Waals surface area (Å²) in [5, 5.41) is 2.98. The van der Waals surface area contributed by atoms with Gasteiger partial charge in [0.15, 0.2) is 0 Å². The lowest BCUT2D eigenvalue weighted by atomic mass is 10.3. The highest BCUT2D eigenvalue weighted by Gasteiger charge is 2.01. The second kappa shape index (κ2) is 8.58. The number of para-hydroxylation sites is 1. The topological polar surface area (TPSA) is 47.6 Å². The molecule has 0 saturated heterocycles. The van der Waals surface area contributed by atoms with Gasteiger partial charge in [-0.05, 0) is 18.6 Å². The zero-order valence-electron chi connectivity index (χ0n) is 10.1. The zero-order chi connectivity index (χ0) is 12.3. The van der Waals surface area contributed by atoms with Gasteiger partial charge in [0.25, 0.3) is 0 Å². The van der Waals surface area contributed by atoms with E-state index >= 15 is 0 Å². The Bertz CT molecular complexity index is 314. The molecule has 1 aromatic rings. The molecule has 0 spiro atoms. The second-order valence-corrected chi connectivity index (χ2v) is 3.55. The fraction of sp³-hybridized carbons (Fsp3) is 0.462. The van der Waals surface area contributed by atoms with E-state index in [4.69, 9.17) is 9.47 Å². The highest BCUT2D eigenvalue weighted by atomic mass is 16.6. The summed E-state index contributed by atoms with van der Waals surface area (Å²) in [7, 11) is 0. The van der Waals surface area contributed by atoms with Gasteiger partial charge in [-0.15, -0.1) is 0 Å². The highest BCUT2D eigenvalue weighted by Crippen LogP contribution is 2.03. The van der Waals surface area contributed by atoms with Gasteiger partial charge in [0.2, 0.25) is 0 Å². The third kappa shape index (κ3) is 6.58. The molecule has 0 radical (unpaired) electrons. The van der Waals surface area contributed by atoms with E-state index in [1.165, 1.54) is 0 Å². The lowest BCUT2D eigenvalue weighted by Gasteiger charge is -2.07. The summed E-state index contributed by atoms with van der Waals surface area (Å²) < 4.78 is 10.2. The second-order valence-electron chi connectivity index (χ2n) is 3.55. The van der Waals surface area contributed by atoms with Crippen molar-refractivity contribution in [2.45, 2.75) is 13.3 Å². The first-order chi connectivity index (χ1) is 8.33. The van der Waals surface area contributed by atoms with Crippen LogP contribution in [0.15, 0.2) is 30.3 Å². The van der Waals surface area contributed by atoms with Crippen LogP contribution in [0, 0.1) is 0 Å². The maximum absolute atomic E-state index is 11.3. The van der Waals surface area contributed by atoms with Crippen LogP contribution in [-0.2, 0) is 14.3 Å². The van der Waals surface area contributed by atoms with E-state index in [0.717, 1.165) is 12.1 Å². The van der Waals surface area contributed by atoms with E-state index < -0.39 is 0 Å². The van der Waals surface area contributed by atoms with Crippen LogP contribution >= 0.6 is 0 Å². The van der Waals surface area contributed by atoms with E-state index in [1.54, 1.807) is 0 Å². The molecule has 0 fully saturated rings. The lowest BCUT2D eigenvalue weighted by molar-refractivity contribution is -0.143. The van der Waals surface area contributed by atoms with Crippen LogP contribution in [0.25, 0.3) is 0 Å². The average Bonchev–Trinajstić information content (AvgIpc) is 2.37. The number of anilines is 1. The maximum atomic E-state index is 11.3. The third-order valence-corrected chi connectivity index (χ3v) is 2.05. The lowest BCUT2D eigenvalue weighted by Crippen LogP contribution is -2.19.